The highest BCUT2D eigenvalue weighted by Gasteiger charge is 2.27. The van der Waals surface area contributed by atoms with Crippen molar-refractivity contribution in [3.05, 3.63) is 58.9 Å². The van der Waals surface area contributed by atoms with Crippen molar-refractivity contribution < 1.29 is 22.0 Å². The molecule has 1 heterocycles. The monoisotopic (exact) mass is 322 g/mol. The quantitative estimate of drug-likeness (QED) is 0.418. The minimum Gasteiger partial charge on any atom is -0.354 e. The van der Waals surface area contributed by atoms with Gasteiger partial charge in [-0.2, -0.15) is 5.26 Å². The van der Waals surface area contributed by atoms with E-state index in [1.807, 2.05) is 6.07 Å². The van der Waals surface area contributed by atoms with Gasteiger partial charge in [0.25, 0.3) is 0 Å². The second-order valence-electron chi connectivity index (χ2n) is 4.88. The average Bonchev–Trinajstić information content (AvgIpc) is 2.94. The highest BCUT2D eigenvalue weighted by atomic mass is 19.2. The Bertz CT molecular complexity index is 940. The Morgan fingerprint density at radius 1 is 0.870 bits per heavy atom. The number of halogens is 5. The van der Waals surface area contributed by atoms with Crippen molar-refractivity contribution in [1.82, 2.24) is 4.98 Å². The fourth-order valence-corrected chi connectivity index (χ4v) is 2.36. The average molecular weight is 322 g/mol. The molecule has 0 saturated heterocycles. The molecule has 3 aromatic rings. The second kappa shape index (κ2) is 5.39. The van der Waals surface area contributed by atoms with Crippen LogP contribution >= 0.6 is 0 Å². The molecular weight excluding hydrogens is 315 g/mol. The molecule has 0 spiro atoms. The number of benzene rings is 2. The van der Waals surface area contributed by atoms with Crippen LogP contribution in [0.15, 0.2) is 24.3 Å². The first-order valence-corrected chi connectivity index (χ1v) is 6.44. The highest BCUT2D eigenvalue weighted by Crippen LogP contribution is 2.33. The lowest BCUT2D eigenvalue weighted by atomic mass is 10.1. The van der Waals surface area contributed by atoms with Gasteiger partial charge in [-0.05, 0) is 23.8 Å². The van der Waals surface area contributed by atoms with Crippen LogP contribution in [0, 0.1) is 40.4 Å². The maximum Gasteiger partial charge on any atom is 0.200 e. The number of hydrogen-bond acceptors (Lipinski definition) is 1. The van der Waals surface area contributed by atoms with Crippen LogP contribution in [0.2, 0.25) is 0 Å². The third-order valence-electron chi connectivity index (χ3n) is 3.45. The lowest BCUT2D eigenvalue weighted by Gasteiger charge is -2.06. The zero-order valence-electron chi connectivity index (χ0n) is 11.4. The van der Waals surface area contributed by atoms with Gasteiger partial charge in [-0.1, -0.05) is 6.07 Å². The van der Waals surface area contributed by atoms with Crippen LogP contribution in [-0.4, -0.2) is 4.98 Å². The third kappa shape index (κ3) is 2.32. The van der Waals surface area contributed by atoms with E-state index in [0.29, 0.717) is 16.5 Å². The molecule has 2 aromatic carbocycles. The van der Waals surface area contributed by atoms with Gasteiger partial charge in [0, 0.05) is 10.9 Å². The topological polar surface area (TPSA) is 39.6 Å². The summed E-state index contributed by atoms with van der Waals surface area (Å²) in [4.78, 5) is 2.62. The van der Waals surface area contributed by atoms with Gasteiger partial charge in [0.1, 0.15) is 0 Å². The second-order valence-corrected chi connectivity index (χ2v) is 4.88. The van der Waals surface area contributed by atoms with Crippen molar-refractivity contribution in [3.8, 4) is 17.3 Å². The van der Waals surface area contributed by atoms with Gasteiger partial charge >= 0.3 is 0 Å². The number of nitriles is 1. The van der Waals surface area contributed by atoms with Gasteiger partial charge in [0.15, 0.2) is 23.3 Å². The van der Waals surface area contributed by atoms with Crippen LogP contribution < -0.4 is 0 Å². The molecule has 0 fully saturated rings. The summed E-state index contributed by atoms with van der Waals surface area (Å²) in [6.45, 7) is 0. The molecule has 2 nitrogen and oxygen atoms in total. The molecule has 0 saturated carbocycles. The molecule has 0 amide bonds. The Hall–Kier alpha value is -2.88. The zero-order chi connectivity index (χ0) is 16.7. The van der Waals surface area contributed by atoms with Gasteiger partial charge < -0.3 is 4.98 Å². The summed E-state index contributed by atoms with van der Waals surface area (Å²) in [5.41, 5.74) is -0.130. The van der Waals surface area contributed by atoms with Crippen LogP contribution in [0.3, 0.4) is 0 Å². The smallest absolute Gasteiger partial charge is 0.200 e. The Morgan fingerprint density at radius 3 is 2.09 bits per heavy atom. The molecule has 0 atom stereocenters. The Morgan fingerprint density at radius 2 is 1.48 bits per heavy atom. The van der Waals surface area contributed by atoms with Gasteiger partial charge in [-0.25, -0.2) is 22.0 Å². The normalized spacial score (nSPS) is 11.0. The van der Waals surface area contributed by atoms with Crippen LogP contribution in [-0.2, 0) is 6.42 Å². The van der Waals surface area contributed by atoms with Crippen molar-refractivity contribution in [2.75, 3.05) is 0 Å². The van der Waals surface area contributed by atoms with E-state index >= 15 is 0 Å². The molecule has 0 aliphatic heterocycles. The number of H-pyrrole nitrogens is 1. The molecule has 1 N–H and O–H groups in total. The van der Waals surface area contributed by atoms with Crippen LogP contribution in [0.4, 0.5) is 22.0 Å². The molecule has 7 heteroatoms. The largest absolute Gasteiger partial charge is 0.354 e. The Labute approximate surface area is 126 Å². The van der Waals surface area contributed by atoms with Crippen LogP contribution in [0.1, 0.15) is 5.56 Å². The van der Waals surface area contributed by atoms with Crippen molar-refractivity contribution in [1.29, 1.82) is 5.26 Å². The van der Waals surface area contributed by atoms with Gasteiger partial charge in [0.05, 0.1) is 23.7 Å². The van der Waals surface area contributed by atoms with E-state index in [0.717, 1.165) is 0 Å². The molecular formula is C16H7F5N2. The number of rotatable bonds is 2. The lowest BCUT2D eigenvalue weighted by molar-refractivity contribution is 0.381. The molecule has 116 valence electrons. The maximum absolute atomic E-state index is 13.8. The van der Waals surface area contributed by atoms with E-state index in [9.17, 15) is 22.0 Å². The molecule has 0 bridgehead atoms. The van der Waals surface area contributed by atoms with E-state index in [-0.39, 0.29) is 12.1 Å². The predicted octanol–water partition coefficient (Wildman–Crippen LogP) is 4.60. The zero-order valence-corrected chi connectivity index (χ0v) is 11.4. The number of hydrogen-bond donors (Lipinski definition) is 1. The molecule has 0 aliphatic carbocycles. The first-order chi connectivity index (χ1) is 10.9. The van der Waals surface area contributed by atoms with Gasteiger partial charge in [0.2, 0.25) is 5.82 Å². The number of aromatic nitrogens is 1. The van der Waals surface area contributed by atoms with Crippen molar-refractivity contribution in [2.45, 2.75) is 6.42 Å². The summed E-state index contributed by atoms with van der Waals surface area (Å²) < 4.78 is 67.3. The number of nitrogens with one attached hydrogen (secondary N) is 1. The van der Waals surface area contributed by atoms with Crippen LogP contribution in [0.5, 0.6) is 0 Å². The van der Waals surface area contributed by atoms with Crippen molar-refractivity contribution in [2.24, 2.45) is 0 Å². The first kappa shape index (κ1) is 15.0. The molecule has 1 aromatic heterocycles. The molecule has 0 unspecified atom stereocenters. The number of fused-ring (bicyclic) bond motifs is 1. The Balaban J connectivity index is 2.24. The number of aromatic amines is 1. The number of nitrogens with zero attached hydrogens (tertiary/aromatic N) is 1. The minimum absolute atomic E-state index is 0.138. The van der Waals surface area contributed by atoms with Gasteiger partial charge in [-0.15, -0.1) is 0 Å². The highest BCUT2D eigenvalue weighted by molar-refractivity contribution is 5.86. The molecule has 0 radical (unpaired) electrons. The van der Waals surface area contributed by atoms with Crippen molar-refractivity contribution >= 4 is 10.9 Å². The SMILES string of the molecule is N#CCc1ccc2[nH]c(-c3c(F)c(F)c(F)c(F)c3F)cc2c1. The molecule has 0 aliphatic rings. The lowest BCUT2D eigenvalue weighted by Crippen LogP contribution is -2.04. The van der Waals surface area contributed by atoms with E-state index in [4.69, 9.17) is 5.26 Å². The minimum atomic E-state index is -2.20. The van der Waals surface area contributed by atoms with Crippen LogP contribution in [0.25, 0.3) is 22.2 Å². The molecule has 23 heavy (non-hydrogen) atoms. The maximum atomic E-state index is 13.8. The summed E-state index contributed by atoms with van der Waals surface area (Å²) in [5, 5.41) is 9.16. The van der Waals surface area contributed by atoms with E-state index in [1.165, 1.54) is 6.07 Å². The summed E-state index contributed by atoms with van der Waals surface area (Å²) >= 11 is 0. The third-order valence-corrected chi connectivity index (χ3v) is 3.45. The molecule has 3 rings (SSSR count). The van der Waals surface area contributed by atoms with E-state index in [2.05, 4.69) is 4.98 Å². The summed E-state index contributed by atoms with van der Waals surface area (Å²) in [6, 6.07) is 8.03. The van der Waals surface area contributed by atoms with Gasteiger partial charge in [-0.3, -0.25) is 0 Å². The predicted molar refractivity (Wildman–Crippen MR) is 72.8 cm³/mol. The first-order valence-electron chi connectivity index (χ1n) is 6.44. The standard InChI is InChI=1S/C16H7F5N2/c17-12-11(13(18)15(20)16(21)14(12)19)10-6-8-5-7(3-4-22)1-2-9(8)23-10/h1-2,5-6,23H,3H2. The summed E-state index contributed by atoms with van der Waals surface area (Å²) in [6.07, 6.45) is 0.138. The summed E-state index contributed by atoms with van der Waals surface area (Å²) in [7, 11) is 0. The fraction of sp³-hybridized carbons (Fsp3) is 0.0625. The fourth-order valence-electron chi connectivity index (χ4n) is 2.36. The van der Waals surface area contributed by atoms with Crippen molar-refractivity contribution in [3.63, 3.8) is 0 Å². The van der Waals surface area contributed by atoms with E-state index in [1.54, 1.807) is 18.2 Å². The summed E-state index contributed by atoms with van der Waals surface area (Å²) in [5.74, 6) is -9.99. The van der Waals surface area contributed by atoms with E-state index < -0.39 is 34.6 Å². The Kier molecular flexibility index (Phi) is 3.52.